The van der Waals surface area contributed by atoms with Crippen molar-refractivity contribution in [2.24, 2.45) is 5.73 Å². The van der Waals surface area contributed by atoms with E-state index in [2.05, 4.69) is 15.5 Å². The second kappa shape index (κ2) is 6.00. The summed E-state index contributed by atoms with van der Waals surface area (Å²) in [5.74, 6) is 1.30. The van der Waals surface area contributed by atoms with E-state index >= 15 is 0 Å². The SMILES string of the molecule is CCn1cnnc1CNC(=O)C1(N)CCc2c(OC)cccc21. The van der Waals surface area contributed by atoms with Crippen LogP contribution in [0.2, 0.25) is 0 Å². The molecule has 1 unspecified atom stereocenters. The number of nitrogens with zero attached hydrogens (tertiary/aromatic N) is 3. The van der Waals surface area contributed by atoms with Crippen LogP contribution in [0.4, 0.5) is 0 Å². The van der Waals surface area contributed by atoms with Crippen molar-refractivity contribution < 1.29 is 9.53 Å². The van der Waals surface area contributed by atoms with Crippen molar-refractivity contribution >= 4 is 5.91 Å². The summed E-state index contributed by atoms with van der Waals surface area (Å²) in [5, 5.41) is 10.8. The highest BCUT2D eigenvalue weighted by Gasteiger charge is 2.42. The van der Waals surface area contributed by atoms with Crippen molar-refractivity contribution in [2.45, 2.75) is 38.4 Å². The van der Waals surface area contributed by atoms with Crippen LogP contribution in [0.1, 0.15) is 30.3 Å². The van der Waals surface area contributed by atoms with Gasteiger partial charge >= 0.3 is 0 Å². The summed E-state index contributed by atoms with van der Waals surface area (Å²) in [6, 6.07) is 5.66. The number of carbonyl (C=O) groups is 1. The molecular weight excluding hydrogens is 294 g/mol. The van der Waals surface area contributed by atoms with Gasteiger partial charge in [0.05, 0.1) is 13.7 Å². The molecule has 1 heterocycles. The van der Waals surface area contributed by atoms with Crippen molar-refractivity contribution in [3.63, 3.8) is 0 Å². The minimum Gasteiger partial charge on any atom is -0.496 e. The molecule has 1 aliphatic carbocycles. The molecule has 23 heavy (non-hydrogen) atoms. The molecule has 0 radical (unpaired) electrons. The fraction of sp³-hybridized carbons (Fsp3) is 0.438. The van der Waals surface area contributed by atoms with Crippen LogP contribution in [0.25, 0.3) is 0 Å². The van der Waals surface area contributed by atoms with E-state index in [4.69, 9.17) is 10.5 Å². The molecule has 7 nitrogen and oxygen atoms in total. The molecule has 3 N–H and O–H groups in total. The molecule has 0 saturated carbocycles. The Morgan fingerprint density at radius 3 is 3.09 bits per heavy atom. The maximum atomic E-state index is 12.7. The van der Waals surface area contributed by atoms with Gasteiger partial charge in [-0.15, -0.1) is 10.2 Å². The molecular formula is C16H21N5O2. The van der Waals surface area contributed by atoms with E-state index in [0.29, 0.717) is 18.8 Å². The third kappa shape index (κ3) is 2.57. The van der Waals surface area contributed by atoms with Crippen LogP contribution < -0.4 is 15.8 Å². The van der Waals surface area contributed by atoms with Crippen molar-refractivity contribution in [3.05, 3.63) is 41.5 Å². The van der Waals surface area contributed by atoms with E-state index < -0.39 is 5.54 Å². The van der Waals surface area contributed by atoms with Crippen LogP contribution in [-0.2, 0) is 29.8 Å². The maximum absolute atomic E-state index is 12.7. The van der Waals surface area contributed by atoms with Crippen LogP contribution in [0, 0.1) is 0 Å². The van der Waals surface area contributed by atoms with E-state index in [9.17, 15) is 4.79 Å². The van der Waals surface area contributed by atoms with Crippen LogP contribution in [0.5, 0.6) is 5.75 Å². The number of hydrogen-bond acceptors (Lipinski definition) is 5. The first-order chi connectivity index (χ1) is 11.1. The number of ether oxygens (including phenoxy) is 1. The first kappa shape index (κ1) is 15.5. The number of fused-ring (bicyclic) bond motifs is 1. The monoisotopic (exact) mass is 315 g/mol. The molecule has 1 amide bonds. The van der Waals surface area contributed by atoms with Gasteiger partial charge in [0.25, 0.3) is 0 Å². The van der Waals surface area contributed by atoms with Crippen LogP contribution in [-0.4, -0.2) is 27.8 Å². The van der Waals surface area contributed by atoms with E-state index in [-0.39, 0.29) is 5.91 Å². The largest absolute Gasteiger partial charge is 0.496 e. The van der Waals surface area contributed by atoms with Crippen molar-refractivity contribution in [3.8, 4) is 5.75 Å². The first-order valence-corrected chi connectivity index (χ1v) is 7.70. The highest BCUT2D eigenvalue weighted by atomic mass is 16.5. The van der Waals surface area contributed by atoms with Crippen LogP contribution in [0.3, 0.4) is 0 Å². The van der Waals surface area contributed by atoms with Gasteiger partial charge in [-0.05, 0) is 37.0 Å². The summed E-state index contributed by atoms with van der Waals surface area (Å²) in [5.41, 5.74) is 7.27. The van der Waals surface area contributed by atoms with Crippen LogP contribution in [0.15, 0.2) is 24.5 Å². The lowest BCUT2D eigenvalue weighted by Gasteiger charge is -2.24. The average molecular weight is 315 g/mol. The van der Waals surface area contributed by atoms with Gasteiger partial charge in [0.15, 0.2) is 5.82 Å². The number of amides is 1. The summed E-state index contributed by atoms with van der Waals surface area (Å²) in [6.45, 7) is 3.07. The zero-order chi connectivity index (χ0) is 16.4. The Hall–Kier alpha value is -2.41. The van der Waals surface area contributed by atoms with E-state index in [0.717, 1.165) is 29.8 Å². The second-order valence-electron chi connectivity index (χ2n) is 5.67. The lowest BCUT2D eigenvalue weighted by atomic mass is 9.92. The Morgan fingerprint density at radius 1 is 1.52 bits per heavy atom. The normalized spacial score (nSPS) is 19.4. The van der Waals surface area contributed by atoms with Crippen molar-refractivity contribution in [1.82, 2.24) is 20.1 Å². The van der Waals surface area contributed by atoms with Gasteiger partial charge in [0, 0.05) is 6.54 Å². The molecule has 0 fully saturated rings. The van der Waals surface area contributed by atoms with Crippen LogP contribution >= 0.6 is 0 Å². The quantitative estimate of drug-likeness (QED) is 0.848. The summed E-state index contributed by atoms with van der Waals surface area (Å²) >= 11 is 0. The Morgan fingerprint density at radius 2 is 2.35 bits per heavy atom. The minimum atomic E-state index is -1.03. The Kier molecular flexibility index (Phi) is 4.04. The molecule has 1 aromatic carbocycles. The number of hydrogen-bond donors (Lipinski definition) is 2. The Labute approximate surface area is 134 Å². The van der Waals surface area contributed by atoms with Gasteiger partial charge in [0.2, 0.25) is 5.91 Å². The lowest BCUT2D eigenvalue weighted by molar-refractivity contribution is -0.126. The Balaban J connectivity index is 1.79. The zero-order valence-electron chi connectivity index (χ0n) is 13.4. The molecule has 0 bridgehead atoms. The highest BCUT2D eigenvalue weighted by Crippen LogP contribution is 2.39. The number of benzene rings is 1. The Bertz CT molecular complexity index is 727. The number of nitrogens with two attached hydrogens (primary N) is 1. The highest BCUT2D eigenvalue weighted by molar-refractivity contribution is 5.89. The summed E-state index contributed by atoms with van der Waals surface area (Å²) in [4.78, 5) is 12.7. The van der Waals surface area contributed by atoms with Gasteiger partial charge in [-0.3, -0.25) is 4.79 Å². The molecule has 7 heteroatoms. The molecule has 0 spiro atoms. The number of rotatable bonds is 5. The second-order valence-corrected chi connectivity index (χ2v) is 5.67. The molecule has 122 valence electrons. The predicted molar refractivity (Wildman–Crippen MR) is 84.7 cm³/mol. The molecule has 0 aliphatic heterocycles. The van der Waals surface area contributed by atoms with Gasteiger partial charge in [-0.1, -0.05) is 12.1 Å². The number of methoxy groups -OCH3 is 1. The maximum Gasteiger partial charge on any atom is 0.245 e. The van der Waals surface area contributed by atoms with Gasteiger partial charge in [-0.25, -0.2) is 0 Å². The topological polar surface area (TPSA) is 95.1 Å². The predicted octanol–water partition coefficient (Wildman–Crippen LogP) is 0.723. The summed E-state index contributed by atoms with van der Waals surface area (Å²) in [6.07, 6.45) is 2.94. The first-order valence-electron chi connectivity index (χ1n) is 7.70. The smallest absolute Gasteiger partial charge is 0.245 e. The fourth-order valence-electron chi connectivity index (χ4n) is 3.12. The number of nitrogens with one attached hydrogen (secondary N) is 1. The molecule has 3 rings (SSSR count). The standard InChI is InChI=1S/C16H21N5O2/c1-3-21-10-19-20-14(21)9-18-15(22)16(17)8-7-11-12(16)5-4-6-13(11)23-2/h4-6,10H,3,7-9,17H2,1-2H3,(H,18,22). The van der Waals surface area contributed by atoms with E-state index in [1.165, 1.54) is 0 Å². The minimum absolute atomic E-state index is 0.199. The number of aryl methyl sites for hydroxylation is 1. The summed E-state index contributed by atoms with van der Waals surface area (Å²) < 4.78 is 7.25. The van der Waals surface area contributed by atoms with E-state index in [1.54, 1.807) is 13.4 Å². The molecule has 1 aliphatic rings. The molecule has 2 aromatic rings. The number of aromatic nitrogens is 3. The molecule has 1 atom stereocenters. The van der Waals surface area contributed by atoms with Gasteiger partial charge < -0.3 is 20.4 Å². The summed E-state index contributed by atoms with van der Waals surface area (Å²) in [7, 11) is 1.63. The molecule has 1 aromatic heterocycles. The third-order valence-electron chi connectivity index (χ3n) is 4.45. The van der Waals surface area contributed by atoms with E-state index in [1.807, 2.05) is 29.7 Å². The van der Waals surface area contributed by atoms with Gasteiger partial charge in [-0.2, -0.15) is 0 Å². The van der Waals surface area contributed by atoms with Crippen molar-refractivity contribution in [2.75, 3.05) is 7.11 Å². The molecule has 0 saturated heterocycles. The van der Waals surface area contributed by atoms with Gasteiger partial charge in [0.1, 0.15) is 17.6 Å². The average Bonchev–Trinajstić information content (AvgIpc) is 3.17. The number of carbonyl (C=O) groups excluding carboxylic acids is 1. The third-order valence-corrected chi connectivity index (χ3v) is 4.45. The lowest BCUT2D eigenvalue weighted by Crippen LogP contribution is -2.49. The fourth-order valence-corrected chi connectivity index (χ4v) is 3.12. The zero-order valence-corrected chi connectivity index (χ0v) is 13.4. The van der Waals surface area contributed by atoms with Crippen molar-refractivity contribution in [1.29, 1.82) is 0 Å².